The Balaban J connectivity index is 1.49. The Bertz CT molecular complexity index is 968. The average Bonchev–Trinajstić information content (AvgIpc) is 3.33. The molecule has 29 heavy (non-hydrogen) atoms. The Morgan fingerprint density at radius 1 is 1.28 bits per heavy atom. The van der Waals surface area contributed by atoms with Crippen LogP contribution >= 0.6 is 11.3 Å². The van der Waals surface area contributed by atoms with Crippen molar-refractivity contribution in [2.75, 3.05) is 11.9 Å². The van der Waals surface area contributed by atoms with E-state index in [0.29, 0.717) is 21.8 Å². The van der Waals surface area contributed by atoms with Crippen molar-refractivity contribution in [1.29, 1.82) is 0 Å². The Hall–Kier alpha value is -2.74. The standard InChI is InChI=1S/C21H21FN2O4S/c1-2-27-21(26)18-14-5-3-4-6-17(14)29-20(18)23-19(25)16-11-15(24-28-16)12-7-9-13(22)10-8-12/h7-10,16H,2-6,11H2,1H3,(H,23,25). The number of halogens is 1. The first-order valence-corrected chi connectivity index (χ1v) is 10.5. The Labute approximate surface area is 171 Å². The van der Waals surface area contributed by atoms with Crippen LogP contribution in [-0.4, -0.2) is 30.3 Å². The second-order valence-corrected chi connectivity index (χ2v) is 8.07. The van der Waals surface area contributed by atoms with Crippen LogP contribution in [0.5, 0.6) is 0 Å². The van der Waals surface area contributed by atoms with Gasteiger partial charge in [0.2, 0.25) is 6.10 Å². The third-order valence-electron chi connectivity index (χ3n) is 5.03. The molecule has 1 amide bonds. The van der Waals surface area contributed by atoms with E-state index >= 15 is 0 Å². The Morgan fingerprint density at radius 3 is 2.79 bits per heavy atom. The number of hydrogen-bond donors (Lipinski definition) is 1. The molecule has 0 spiro atoms. The molecule has 0 fully saturated rings. The molecule has 1 aliphatic carbocycles. The summed E-state index contributed by atoms with van der Waals surface area (Å²) in [4.78, 5) is 31.7. The zero-order chi connectivity index (χ0) is 20.4. The second-order valence-electron chi connectivity index (χ2n) is 6.97. The summed E-state index contributed by atoms with van der Waals surface area (Å²) >= 11 is 1.43. The smallest absolute Gasteiger partial charge is 0.341 e. The van der Waals surface area contributed by atoms with Gasteiger partial charge in [-0.1, -0.05) is 17.3 Å². The fourth-order valence-corrected chi connectivity index (χ4v) is 4.88. The predicted molar refractivity (Wildman–Crippen MR) is 108 cm³/mol. The zero-order valence-corrected chi connectivity index (χ0v) is 16.8. The number of nitrogens with zero attached hydrogens (tertiary/aromatic N) is 1. The molecular weight excluding hydrogens is 395 g/mol. The molecule has 0 radical (unpaired) electrons. The maximum absolute atomic E-state index is 13.1. The number of hydrogen-bond acceptors (Lipinski definition) is 6. The van der Waals surface area contributed by atoms with Crippen LogP contribution in [0.1, 0.15) is 52.5 Å². The third-order valence-corrected chi connectivity index (χ3v) is 6.23. The largest absolute Gasteiger partial charge is 0.462 e. The molecule has 1 aliphatic heterocycles. The van der Waals surface area contributed by atoms with Gasteiger partial charge in [-0.25, -0.2) is 9.18 Å². The first-order valence-electron chi connectivity index (χ1n) is 9.68. The van der Waals surface area contributed by atoms with E-state index in [4.69, 9.17) is 9.57 Å². The number of aryl methyl sites for hydroxylation is 1. The molecule has 0 bridgehead atoms. The normalized spacial score (nSPS) is 17.9. The molecule has 2 aliphatic rings. The van der Waals surface area contributed by atoms with Gasteiger partial charge >= 0.3 is 5.97 Å². The van der Waals surface area contributed by atoms with Crippen molar-refractivity contribution in [3.8, 4) is 0 Å². The first-order chi connectivity index (χ1) is 14.1. The van der Waals surface area contributed by atoms with E-state index in [-0.39, 0.29) is 24.8 Å². The number of amides is 1. The number of rotatable bonds is 5. The van der Waals surface area contributed by atoms with Crippen molar-refractivity contribution in [2.45, 2.75) is 45.1 Å². The number of oxime groups is 1. The van der Waals surface area contributed by atoms with Crippen molar-refractivity contribution < 1.29 is 23.6 Å². The second kappa shape index (κ2) is 8.32. The van der Waals surface area contributed by atoms with E-state index in [0.717, 1.165) is 36.1 Å². The summed E-state index contributed by atoms with van der Waals surface area (Å²) in [5.74, 6) is -1.11. The highest BCUT2D eigenvalue weighted by molar-refractivity contribution is 7.17. The predicted octanol–water partition coefficient (Wildman–Crippen LogP) is 4.07. The molecule has 1 aromatic heterocycles. The van der Waals surface area contributed by atoms with E-state index in [1.807, 2.05) is 0 Å². The van der Waals surface area contributed by atoms with Gasteiger partial charge in [-0.3, -0.25) is 4.79 Å². The molecule has 1 aromatic carbocycles. The van der Waals surface area contributed by atoms with Crippen LogP contribution in [0.15, 0.2) is 29.4 Å². The number of anilines is 1. The van der Waals surface area contributed by atoms with Gasteiger partial charge in [0.25, 0.3) is 5.91 Å². The van der Waals surface area contributed by atoms with Crippen LogP contribution in [0.25, 0.3) is 0 Å². The van der Waals surface area contributed by atoms with Crippen LogP contribution in [0.3, 0.4) is 0 Å². The van der Waals surface area contributed by atoms with E-state index < -0.39 is 12.1 Å². The van der Waals surface area contributed by atoms with Gasteiger partial charge in [0.05, 0.1) is 17.9 Å². The molecule has 1 atom stereocenters. The molecule has 4 rings (SSSR count). The molecule has 152 valence electrons. The van der Waals surface area contributed by atoms with Crippen molar-refractivity contribution in [3.63, 3.8) is 0 Å². The van der Waals surface area contributed by atoms with Crippen LogP contribution in [0.4, 0.5) is 9.39 Å². The van der Waals surface area contributed by atoms with Gasteiger partial charge in [0, 0.05) is 11.3 Å². The van der Waals surface area contributed by atoms with Crippen molar-refractivity contribution in [2.24, 2.45) is 5.16 Å². The van der Waals surface area contributed by atoms with E-state index in [9.17, 15) is 14.0 Å². The quantitative estimate of drug-likeness (QED) is 0.746. The minimum atomic E-state index is -0.802. The lowest BCUT2D eigenvalue weighted by Crippen LogP contribution is -2.28. The highest BCUT2D eigenvalue weighted by atomic mass is 32.1. The number of carbonyl (C=O) groups is 2. The number of thiophene rings is 1. The third kappa shape index (κ3) is 4.03. The van der Waals surface area contributed by atoms with Gasteiger partial charge in [-0.05, 0) is 55.9 Å². The highest BCUT2D eigenvalue weighted by Gasteiger charge is 2.32. The Kier molecular flexibility index (Phi) is 5.62. The van der Waals surface area contributed by atoms with Gasteiger partial charge < -0.3 is 14.9 Å². The zero-order valence-electron chi connectivity index (χ0n) is 16.0. The molecule has 2 aromatic rings. The summed E-state index contributed by atoms with van der Waals surface area (Å²) < 4.78 is 18.3. The fraction of sp³-hybridized carbons (Fsp3) is 0.381. The molecule has 8 heteroatoms. The monoisotopic (exact) mass is 416 g/mol. The van der Waals surface area contributed by atoms with Crippen LogP contribution in [0, 0.1) is 5.82 Å². The average molecular weight is 416 g/mol. The van der Waals surface area contributed by atoms with Crippen molar-refractivity contribution >= 4 is 33.9 Å². The summed E-state index contributed by atoms with van der Waals surface area (Å²) in [7, 11) is 0. The highest BCUT2D eigenvalue weighted by Crippen LogP contribution is 2.39. The number of esters is 1. The molecule has 1 N–H and O–H groups in total. The number of fused-ring (bicyclic) bond motifs is 1. The lowest BCUT2D eigenvalue weighted by Gasteiger charge is -2.13. The first kappa shape index (κ1) is 19.6. The summed E-state index contributed by atoms with van der Waals surface area (Å²) in [5.41, 5.74) is 2.75. The molecule has 0 saturated heterocycles. The van der Waals surface area contributed by atoms with Crippen LogP contribution in [-0.2, 0) is 27.2 Å². The van der Waals surface area contributed by atoms with Crippen molar-refractivity contribution in [1.82, 2.24) is 0 Å². The number of carbonyl (C=O) groups excluding carboxylic acids is 2. The number of benzene rings is 1. The number of nitrogens with one attached hydrogen (secondary N) is 1. The van der Waals surface area contributed by atoms with Gasteiger partial charge in [0.15, 0.2) is 0 Å². The van der Waals surface area contributed by atoms with Crippen molar-refractivity contribution in [3.05, 3.63) is 51.7 Å². The van der Waals surface area contributed by atoms with Gasteiger partial charge in [0.1, 0.15) is 10.8 Å². The van der Waals surface area contributed by atoms with Gasteiger partial charge in [-0.15, -0.1) is 11.3 Å². The summed E-state index contributed by atoms with van der Waals surface area (Å²) in [6, 6.07) is 5.88. The summed E-state index contributed by atoms with van der Waals surface area (Å²) in [5, 5.41) is 7.34. The maximum Gasteiger partial charge on any atom is 0.341 e. The van der Waals surface area contributed by atoms with E-state index in [2.05, 4.69) is 10.5 Å². The number of ether oxygens (including phenoxy) is 1. The van der Waals surface area contributed by atoms with Crippen LogP contribution < -0.4 is 5.32 Å². The SMILES string of the molecule is CCOC(=O)c1c(NC(=O)C2CC(c3ccc(F)cc3)=NO2)sc2c1CCCC2. The minimum Gasteiger partial charge on any atom is -0.462 e. The molecule has 1 unspecified atom stereocenters. The minimum absolute atomic E-state index is 0.275. The molecule has 2 heterocycles. The topological polar surface area (TPSA) is 77.0 Å². The lowest BCUT2D eigenvalue weighted by molar-refractivity contribution is -0.125. The lowest BCUT2D eigenvalue weighted by atomic mass is 9.95. The molecular formula is C21H21FN2O4S. The van der Waals surface area contributed by atoms with E-state index in [1.165, 1.54) is 23.5 Å². The van der Waals surface area contributed by atoms with Gasteiger partial charge in [-0.2, -0.15) is 0 Å². The molecule has 6 nitrogen and oxygen atoms in total. The fourth-order valence-electron chi connectivity index (χ4n) is 3.60. The van der Waals surface area contributed by atoms with E-state index in [1.54, 1.807) is 19.1 Å². The molecule has 0 saturated carbocycles. The van der Waals surface area contributed by atoms with Crippen LogP contribution in [0.2, 0.25) is 0 Å². The summed E-state index contributed by atoms with van der Waals surface area (Å²) in [6.07, 6.45) is 3.28. The Morgan fingerprint density at radius 2 is 2.03 bits per heavy atom. The maximum atomic E-state index is 13.1. The summed E-state index contributed by atoms with van der Waals surface area (Å²) in [6.45, 7) is 2.03.